The summed E-state index contributed by atoms with van der Waals surface area (Å²) in [6.45, 7) is 25.1. The van der Waals surface area contributed by atoms with Crippen LogP contribution in [0.5, 0.6) is 0 Å². The smallest absolute Gasteiger partial charge is 0.312 e. The average Bonchev–Trinajstić information content (AvgIpc) is 2.88. The number of ether oxygens (including phenoxy) is 2. The Balaban J connectivity index is 1.53. The van der Waals surface area contributed by atoms with Gasteiger partial charge in [-0.25, -0.2) is 0 Å². The third-order valence-electron chi connectivity index (χ3n) is 13.8. The minimum absolute atomic E-state index is 0.00460. The maximum Gasteiger partial charge on any atom is 0.312 e. The summed E-state index contributed by atoms with van der Waals surface area (Å²) in [5.74, 6) is 0.918. The van der Waals surface area contributed by atoms with E-state index < -0.39 is 5.41 Å². The normalized spacial score (nSPS) is 47.5. The molecule has 0 aromatic carbocycles. The van der Waals surface area contributed by atoms with Crippen molar-refractivity contribution in [3.8, 4) is 0 Å². The second-order valence-electron chi connectivity index (χ2n) is 16.1. The van der Waals surface area contributed by atoms with Gasteiger partial charge in [0.25, 0.3) is 0 Å². The van der Waals surface area contributed by atoms with Gasteiger partial charge in [-0.2, -0.15) is 0 Å². The highest BCUT2D eigenvalue weighted by atomic mass is 16.5. The zero-order chi connectivity index (χ0) is 29.4. The summed E-state index contributed by atoms with van der Waals surface area (Å²) in [7, 11) is 0. The second-order valence-corrected chi connectivity index (χ2v) is 16.1. The van der Waals surface area contributed by atoms with E-state index >= 15 is 0 Å². The highest BCUT2D eigenvalue weighted by Gasteiger charge is 2.70. The van der Waals surface area contributed by atoms with E-state index in [9.17, 15) is 9.59 Å². The average molecular weight is 551 g/mol. The Labute approximate surface area is 243 Å². The maximum atomic E-state index is 14.5. The summed E-state index contributed by atoms with van der Waals surface area (Å²) < 4.78 is 11.9. The SMILES string of the molecule is C=CCOC(=O)[C@@]1(C)CC[C@]2(C)CC[C@]3(C)C(=CC(=O)[C@@H]4[C@@]5(C)CC[C@H](OCC=C)C(C)(C)[C@@H]5CC[C@]43C)[C@@H]2C1. The van der Waals surface area contributed by atoms with Gasteiger partial charge in [-0.15, -0.1) is 6.58 Å². The summed E-state index contributed by atoms with van der Waals surface area (Å²) in [6.07, 6.45) is 14.9. The molecule has 0 spiro atoms. The monoisotopic (exact) mass is 550 g/mol. The fourth-order valence-electron chi connectivity index (χ4n) is 11.1. The van der Waals surface area contributed by atoms with Crippen molar-refractivity contribution in [2.24, 2.45) is 50.2 Å². The molecule has 0 N–H and O–H groups in total. The summed E-state index contributed by atoms with van der Waals surface area (Å²) in [5, 5.41) is 0. The van der Waals surface area contributed by atoms with Crippen LogP contribution in [-0.4, -0.2) is 31.1 Å². The van der Waals surface area contributed by atoms with Gasteiger partial charge in [0, 0.05) is 5.92 Å². The van der Waals surface area contributed by atoms with E-state index in [0.717, 1.165) is 57.8 Å². The lowest BCUT2D eigenvalue weighted by atomic mass is 9.33. The predicted molar refractivity (Wildman–Crippen MR) is 161 cm³/mol. The van der Waals surface area contributed by atoms with Gasteiger partial charge in [-0.05, 0) is 110 Å². The standard InChI is InChI=1S/C36H54O4/c1-10-20-39-28-13-14-34(7)27(31(28,3)4)12-15-36(9)29(34)26(37)22-24-25-23-33(6,30(38)40-21-11-2)17-16-32(25,5)18-19-35(24,36)8/h10-11,22,25,27-29H,1-2,12-21,23H2,3-9H3/t25-,27-,28-,29+,32+,33-,34-,35+,36+/m0/s1. The van der Waals surface area contributed by atoms with Crippen LogP contribution in [0.15, 0.2) is 37.0 Å². The molecule has 9 atom stereocenters. The summed E-state index contributed by atoms with van der Waals surface area (Å²) in [4.78, 5) is 27.8. The molecule has 222 valence electrons. The first-order valence-electron chi connectivity index (χ1n) is 15.9. The number of hydrogen-bond acceptors (Lipinski definition) is 4. The zero-order valence-electron chi connectivity index (χ0n) is 26.4. The molecule has 4 heteroatoms. The van der Waals surface area contributed by atoms with Crippen LogP contribution in [0.4, 0.5) is 0 Å². The first kappa shape index (κ1) is 29.8. The second kappa shape index (κ2) is 9.68. The van der Waals surface area contributed by atoms with E-state index in [4.69, 9.17) is 9.47 Å². The van der Waals surface area contributed by atoms with E-state index in [1.807, 2.05) is 6.08 Å². The first-order chi connectivity index (χ1) is 18.6. The lowest BCUT2D eigenvalue weighted by Crippen LogP contribution is -2.66. The van der Waals surface area contributed by atoms with Crippen LogP contribution in [0.1, 0.15) is 106 Å². The maximum absolute atomic E-state index is 14.5. The number of rotatable bonds is 6. The number of carbonyl (C=O) groups excluding carboxylic acids is 2. The summed E-state index contributed by atoms with van der Waals surface area (Å²) in [6, 6.07) is 0. The quantitative estimate of drug-likeness (QED) is 0.247. The Hall–Kier alpha value is -1.68. The van der Waals surface area contributed by atoms with Gasteiger partial charge >= 0.3 is 5.97 Å². The van der Waals surface area contributed by atoms with Crippen LogP contribution in [0.3, 0.4) is 0 Å². The lowest BCUT2D eigenvalue weighted by molar-refractivity contribution is -0.208. The van der Waals surface area contributed by atoms with E-state index in [1.165, 1.54) is 5.57 Å². The molecule has 4 saturated carbocycles. The molecule has 5 aliphatic carbocycles. The Morgan fingerprint density at radius 2 is 1.60 bits per heavy atom. The molecule has 0 aliphatic heterocycles. The minimum atomic E-state index is -0.523. The molecule has 0 aromatic rings. The molecule has 0 bridgehead atoms. The van der Waals surface area contributed by atoms with Crippen molar-refractivity contribution in [2.45, 2.75) is 112 Å². The van der Waals surface area contributed by atoms with Crippen molar-refractivity contribution in [2.75, 3.05) is 13.2 Å². The molecule has 4 fully saturated rings. The molecular weight excluding hydrogens is 496 g/mol. The van der Waals surface area contributed by atoms with Crippen molar-refractivity contribution in [3.05, 3.63) is 37.0 Å². The highest BCUT2D eigenvalue weighted by molar-refractivity contribution is 5.95. The summed E-state index contributed by atoms with van der Waals surface area (Å²) in [5.41, 5.74) is 0.752. The van der Waals surface area contributed by atoms with Gasteiger partial charge in [0.15, 0.2) is 5.78 Å². The number of fused-ring (bicyclic) bond motifs is 7. The van der Waals surface area contributed by atoms with Crippen molar-refractivity contribution in [1.29, 1.82) is 0 Å². The van der Waals surface area contributed by atoms with Crippen LogP contribution in [0.25, 0.3) is 0 Å². The molecular formula is C36H54O4. The molecule has 40 heavy (non-hydrogen) atoms. The number of hydrogen-bond donors (Lipinski definition) is 0. The fourth-order valence-corrected chi connectivity index (χ4v) is 11.1. The van der Waals surface area contributed by atoms with Crippen LogP contribution >= 0.6 is 0 Å². The zero-order valence-corrected chi connectivity index (χ0v) is 26.4. The van der Waals surface area contributed by atoms with Crippen molar-refractivity contribution < 1.29 is 19.1 Å². The Kier molecular flexibility index (Phi) is 7.21. The van der Waals surface area contributed by atoms with Gasteiger partial charge in [0.2, 0.25) is 0 Å². The van der Waals surface area contributed by atoms with Gasteiger partial charge in [-0.3, -0.25) is 9.59 Å². The molecule has 5 aliphatic rings. The number of ketones is 1. The van der Waals surface area contributed by atoms with Gasteiger partial charge in [-0.1, -0.05) is 65.8 Å². The molecule has 0 saturated heterocycles. The van der Waals surface area contributed by atoms with E-state index in [0.29, 0.717) is 18.3 Å². The molecule has 0 amide bonds. The Bertz CT molecular complexity index is 1120. The van der Waals surface area contributed by atoms with Crippen LogP contribution < -0.4 is 0 Å². The summed E-state index contributed by atoms with van der Waals surface area (Å²) >= 11 is 0. The van der Waals surface area contributed by atoms with Gasteiger partial charge in [0.1, 0.15) is 6.61 Å². The fraction of sp³-hybridized carbons (Fsp3) is 0.778. The third-order valence-corrected chi connectivity index (χ3v) is 13.8. The van der Waals surface area contributed by atoms with Gasteiger partial charge < -0.3 is 9.47 Å². The first-order valence-corrected chi connectivity index (χ1v) is 15.9. The molecule has 0 unspecified atom stereocenters. The number of carbonyl (C=O) groups is 2. The Morgan fingerprint density at radius 3 is 2.27 bits per heavy atom. The highest BCUT2D eigenvalue weighted by Crippen LogP contribution is 2.75. The van der Waals surface area contributed by atoms with Crippen molar-refractivity contribution in [3.63, 3.8) is 0 Å². The molecule has 4 nitrogen and oxygen atoms in total. The van der Waals surface area contributed by atoms with Gasteiger partial charge in [0.05, 0.1) is 18.1 Å². The molecule has 0 aromatic heterocycles. The van der Waals surface area contributed by atoms with E-state index in [-0.39, 0.29) is 57.6 Å². The van der Waals surface area contributed by atoms with E-state index in [1.54, 1.807) is 6.08 Å². The minimum Gasteiger partial charge on any atom is -0.461 e. The Morgan fingerprint density at radius 1 is 0.925 bits per heavy atom. The molecule has 5 rings (SSSR count). The van der Waals surface area contributed by atoms with Crippen LogP contribution in [-0.2, 0) is 19.1 Å². The van der Waals surface area contributed by atoms with Crippen molar-refractivity contribution >= 4 is 11.8 Å². The lowest BCUT2D eigenvalue weighted by Gasteiger charge is -2.70. The predicted octanol–water partition coefficient (Wildman–Crippen LogP) is 8.27. The molecule has 0 radical (unpaired) electrons. The topological polar surface area (TPSA) is 52.6 Å². The third kappa shape index (κ3) is 4.01. The molecule has 0 heterocycles. The van der Waals surface area contributed by atoms with E-state index in [2.05, 4.69) is 67.7 Å². The van der Waals surface area contributed by atoms with Crippen molar-refractivity contribution in [1.82, 2.24) is 0 Å². The van der Waals surface area contributed by atoms with Crippen LogP contribution in [0.2, 0.25) is 0 Å². The van der Waals surface area contributed by atoms with Crippen LogP contribution in [0, 0.1) is 50.2 Å². The number of allylic oxidation sites excluding steroid dienone is 2. The number of esters is 1. The largest absolute Gasteiger partial charge is 0.461 e.